The molecule has 0 saturated carbocycles. The van der Waals surface area contributed by atoms with Gasteiger partial charge in [0.1, 0.15) is 0 Å². The van der Waals surface area contributed by atoms with Gasteiger partial charge in [-0.1, -0.05) is 28.1 Å². The molecular weight excluding hydrogens is 326 g/mol. The molecule has 0 aliphatic carbocycles. The number of hydrogen-bond donors (Lipinski definition) is 2. The van der Waals surface area contributed by atoms with Gasteiger partial charge in [0.05, 0.1) is 5.56 Å². The molecule has 1 aromatic heterocycles. The summed E-state index contributed by atoms with van der Waals surface area (Å²) in [6.07, 6.45) is 0. The molecule has 1 heterocycles. The molecule has 0 unspecified atom stereocenters. The van der Waals surface area contributed by atoms with Crippen LogP contribution in [0.4, 0.5) is 0 Å². The average molecular weight is 340 g/mol. The Kier molecular flexibility index (Phi) is 4.74. The molecule has 0 amide bonds. The minimum atomic E-state index is -0.873. The molecule has 1 aromatic carbocycles. The van der Waals surface area contributed by atoms with Gasteiger partial charge >= 0.3 is 5.97 Å². The highest BCUT2D eigenvalue weighted by Crippen LogP contribution is 2.20. The zero-order chi connectivity index (χ0) is 13.8. The van der Waals surface area contributed by atoms with Gasteiger partial charge in [-0.3, -0.25) is 0 Å². The number of hydrogen-bond acceptors (Lipinski definition) is 3. The van der Waals surface area contributed by atoms with Gasteiger partial charge in [-0.25, -0.2) is 4.79 Å². The van der Waals surface area contributed by atoms with Crippen molar-refractivity contribution in [1.29, 1.82) is 0 Å². The lowest BCUT2D eigenvalue weighted by molar-refractivity contribution is 0.0697. The fourth-order valence-corrected chi connectivity index (χ4v) is 2.96. The van der Waals surface area contributed by atoms with Crippen molar-refractivity contribution in [3.8, 4) is 0 Å². The third-order valence-corrected chi connectivity index (χ3v) is 4.26. The first-order chi connectivity index (χ1) is 9.06. The van der Waals surface area contributed by atoms with E-state index in [-0.39, 0.29) is 6.04 Å². The number of aromatic carboxylic acids is 1. The SMILES string of the molecule is C[C@@H](NCc1cc(C(=O)O)cs1)c1cccc(Br)c1. The second-order valence-corrected chi connectivity index (χ2v) is 6.18. The van der Waals surface area contributed by atoms with Crippen LogP contribution in [0.2, 0.25) is 0 Å². The van der Waals surface area contributed by atoms with Crippen molar-refractivity contribution < 1.29 is 9.90 Å². The average Bonchev–Trinajstić information content (AvgIpc) is 2.85. The number of benzene rings is 1. The van der Waals surface area contributed by atoms with E-state index in [0.29, 0.717) is 12.1 Å². The van der Waals surface area contributed by atoms with Crippen molar-refractivity contribution in [2.24, 2.45) is 0 Å². The maximum absolute atomic E-state index is 10.8. The Morgan fingerprint density at radius 2 is 2.26 bits per heavy atom. The normalized spacial score (nSPS) is 12.3. The van der Waals surface area contributed by atoms with Gasteiger partial charge in [0.25, 0.3) is 0 Å². The number of rotatable bonds is 5. The highest BCUT2D eigenvalue weighted by atomic mass is 79.9. The van der Waals surface area contributed by atoms with Crippen LogP contribution in [0.25, 0.3) is 0 Å². The largest absolute Gasteiger partial charge is 0.478 e. The fourth-order valence-electron chi connectivity index (χ4n) is 1.73. The van der Waals surface area contributed by atoms with Crippen LogP contribution in [-0.2, 0) is 6.54 Å². The molecule has 100 valence electrons. The maximum Gasteiger partial charge on any atom is 0.336 e. The van der Waals surface area contributed by atoms with E-state index >= 15 is 0 Å². The topological polar surface area (TPSA) is 49.3 Å². The highest BCUT2D eigenvalue weighted by molar-refractivity contribution is 9.10. The molecule has 2 aromatic rings. The molecule has 0 aliphatic heterocycles. The molecule has 0 fully saturated rings. The van der Waals surface area contributed by atoms with Crippen molar-refractivity contribution in [2.45, 2.75) is 19.5 Å². The Morgan fingerprint density at radius 3 is 2.89 bits per heavy atom. The smallest absolute Gasteiger partial charge is 0.336 e. The molecule has 2 rings (SSSR count). The third-order valence-electron chi connectivity index (χ3n) is 2.83. The molecule has 0 aliphatic rings. The summed E-state index contributed by atoms with van der Waals surface area (Å²) in [6, 6.07) is 10.1. The van der Waals surface area contributed by atoms with Gasteiger partial charge in [0, 0.05) is 27.3 Å². The molecule has 2 N–H and O–H groups in total. The molecule has 0 saturated heterocycles. The summed E-state index contributed by atoms with van der Waals surface area (Å²) in [4.78, 5) is 11.8. The fraction of sp³-hybridized carbons (Fsp3) is 0.214. The summed E-state index contributed by atoms with van der Waals surface area (Å²) in [5.74, 6) is -0.873. The van der Waals surface area contributed by atoms with Crippen LogP contribution < -0.4 is 5.32 Å². The summed E-state index contributed by atoms with van der Waals surface area (Å²) < 4.78 is 1.06. The maximum atomic E-state index is 10.8. The number of thiophene rings is 1. The lowest BCUT2D eigenvalue weighted by atomic mass is 10.1. The summed E-state index contributed by atoms with van der Waals surface area (Å²) in [5, 5.41) is 13.9. The molecular formula is C14H14BrNO2S. The van der Waals surface area contributed by atoms with Crippen molar-refractivity contribution >= 4 is 33.2 Å². The van der Waals surface area contributed by atoms with Gasteiger partial charge in [-0.15, -0.1) is 11.3 Å². The molecule has 19 heavy (non-hydrogen) atoms. The lowest BCUT2D eigenvalue weighted by Crippen LogP contribution is -2.17. The number of nitrogens with one attached hydrogen (secondary N) is 1. The van der Waals surface area contributed by atoms with Crippen LogP contribution in [0.5, 0.6) is 0 Å². The highest BCUT2D eigenvalue weighted by Gasteiger charge is 2.09. The first kappa shape index (κ1) is 14.2. The number of carboxylic acids is 1. The van der Waals surface area contributed by atoms with Crippen molar-refractivity contribution in [2.75, 3.05) is 0 Å². The standard InChI is InChI=1S/C14H14BrNO2S/c1-9(10-3-2-4-12(15)5-10)16-7-13-6-11(8-19-13)14(17)18/h2-6,8-9,16H,7H2,1H3,(H,17,18)/t9-/m1/s1. The Hall–Kier alpha value is -1.17. The molecule has 5 heteroatoms. The van der Waals surface area contributed by atoms with Crippen molar-refractivity contribution in [3.05, 3.63) is 56.2 Å². The monoisotopic (exact) mass is 339 g/mol. The number of halogens is 1. The van der Waals surface area contributed by atoms with E-state index in [4.69, 9.17) is 5.11 Å². The quantitative estimate of drug-likeness (QED) is 0.863. The van der Waals surface area contributed by atoms with Crippen LogP contribution in [-0.4, -0.2) is 11.1 Å². The molecule has 0 radical (unpaired) electrons. The number of carbonyl (C=O) groups is 1. The summed E-state index contributed by atoms with van der Waals surface area (Å²) in [7, 11) is 0. The third kappa shape index (κ3) is 3.89. The minimum Gasteiger partial charge on any atom is -0.478 e. The predicted octanol–water partition coefficient (Wildman–Crippen LogP) is 4.06. The van der Waals surface area contributed by atoms with Gasteiger partial charge < -0.3 is 10.4 Å². The Labute approximate surface area is 124 Å². The molecule has 0 spiro atoms. The first-order valence-corrected chi connectivity index (χ1v) is 7.53. The lowest BCUT2D eigenvalue weighted by Gasteiger charge is -2.13. The zero-order valence-electron chi connectivity index (χ0n) is 10.4. The van der Waals surface area contributed by atoms with Crippen molar-refractivity contribution in [3.63, 3.8) is 0 Å². The van der Waals surface area contributed by atoms with E-state index in [9.17, 15) is 4.79 Å². The second-order valence-electron chi connectivity index (χ2n) is 4.26. The van der Waals surface area contributed by atoms with E-state index < -0.39 is 5.97 Å². The van der Waals surface area contributed by atoms with E-state index in [1.165, 1.54) is 16.9 Å². The molecule has 0 bridgehead atoms. The van der Waals surface area contributed by atoms with Gasteiger partial charge in [-0.2, -0.15) is 0 Å². The van der Waals surface area contributed by atoms with E-state index in [1.54, 1.807) is 11.4 Å². The predicted molar refractivity (Wildman–Crippen MR) is 80.7 cm³/mol. The van der Waals surface area contributed by atoms with E-state index in [0.717, 1.165) is 9.35 Å². The van der Waals surface area contributed by atoms with Crippen molar-refractivity contribution in [1.82, 2.24) is 5.32 Å². The van der Waals surface area contributed by atoms with Gasteiger partial charge in [0.15, 0.2) is 0 Å². The molecule has 1 atom stereocenters. The van der Waals surface area contributed by atoms with Gasteiger partial charge in [-0.05, 0) is 30.7 Å². The molecule has 3 nitrogen and oxygen atoms in total. The van der Waals surface area contributed by atoms with E-state index in [1.807, 2.05) is 12.1 Å². The number of carboxylic acid groups (broad SMARTS) is 1. The first-order valence-electron chi connectivity index (χ1n) is 5.86. The van der Waals surface area contributed by atoms with Crippen LogP contribution in [0.1, 0.15) is 33.8 Å². The minimum absolute atomic E-state index is 0.216. The van der Waals surface area contributed by atoms with Gasteiger partial charge in [0.2, 0.25) is 0 Å². The zero-order valence-corrected chi connectivity index (χ0v) is 12.8. The Balaban J connectivity index is 1.96. The van der Waals surface area contributed by atoms with Crippen LogP contribution in [0.3, 0.4) is 0 Å². The van der Waals surface area contributed by atoms with Crippen LogP contribution >= 0.6 is 27.3 Å². The summed E-state index contributed by atoms with van der Waals surface area (Å²) >= 11 is 4.92. The Bertz CT molecular complexity index is 582. The van der Waals surface area contributed by atoms with E-state index in [2.05, 4.69) is 40.3 Å². The summed E-state index contributed by atoms with van der Waals surface area (Å²) in [6.45, 7) is 2.76. The van der Waals surface area contributed by atoms with Crippen LogP contribution in [0, 0.1) is 0 Å². The summed E-state index contributed by atoms with van der Waals surface area (Å²) in [5.41, 5.74) is 1.56. The Morgan fingerprint density at radius 1 is 1.47 bits per heavy atom. The van der Waals surface area contributed by atoms with Crippen LogP contribution in [0.15, 0.2) is 40.2 Å². The second kappa shape index (κ2) is 6.32.